The average molecular weight is 371 g/mol. The molecule has 0 N–H and O–H groups in total. The van der Waals surface area contributed by atoms with Crippen LogP contribution in [0.25, 0.3) is 5.69 Å². The highest BCUT2D eigenvalue weighted by Gasteiger charge is 2.32. The molecule has 4 rings (SSSR count). The molecule has 0 unspecified atom stereocenters. The Kier molecular flexibility index (Phi) is 4.14. The van der Waals surface area contributed by atoms with Crippen LogP contribution >= 0.6 is 23.2 Å². The Morgan fingerprint density at radius 1 is 0.960 bits per heavy atom. The Bertz CT molecular complexity index is 943. The molecule has 3 aromatic rings. The topological polar surface area (TPSA) is 34.9 Å². The predicted molar refractivity (Wildman–Crippen MR) is 100 cm³/mol. The molecule has 2 aromatic carbocycles. The third-order valence-electron chi connectivity index (χ3n) is 4.72. The molecular weight excluding hydrogens is 355 g/mol. The van der Waals surface area contributed by atoms with Gasteiger partial charge in [0.1, 0.15) is 0 Å². The molecule has 25 heavy (non-hydrogen) atoms. The van der Waals surface area contributed by atoms with Gasteiger partial charge in [0.15, 0.2) is 5.78 Å². The Morgan fingerprint density at radius 2 is 1.56 bits per heavy atom. The maximum atomic E-state index is 12.8. The number of hydrogen-bond donors (Lipinski definition) is 0. The minimum atomic E-state index is 0.138. The van der Waals surface area contributed by atoms with E-state index in [1.807, 2.05) is 60.1 Å². The first-order valence-electron chi connectivity index (χ1n) is 8.16. The summed E-state index contributed by atoms with van der Waals surface area (Å²) in [6.45, 7) is 1.89. The van der Waals surface area contributed by atoms with Gasteiger partial charge in [-0.2, -0.15) is 5.10 Å². The maximum absolute atomic E-state index is 12.8. The van der Waals surface area contributed by atoms with Crippen molar-refractivity contribution in [3.05, 3.63) is 81.1 Å². The van der Waals surface area contributed by atoms with E-state index in [0.717, 1.165) is 34.6 Å². The van der Waals surface area contributed by atoms with Crippen molar-refractivity contribution in [1.29, 1.82) is 0 Å². The standard InChI is InChI=1S/C20H16Cl2N2O/c1-12-20-18(24(23-12)17-8-6-16(22)7-9-17)10-14(11-19(20)25)13-2-4-15(21)5-3-13/h2-9,14H,10-11H2,1H3/t14-/m0/s1. The zero-order chi connectivity index (χ0) is 17.6. The molecule has 1 heterocycles. The molecule has 0 fully saturated rings. The number of aromatic nitrogens is 2. The van der Waals surface area contributed by atoms with Crippen molar-refractivity contribution in [2.45, 2.75) is 25.7 Å². The zero-order valence-corrected chi connectivity index (χ0v) is 15.2. The van der Waals surface area contributed by atoms with E-state index in [1.54, 1.807) is 0 Å². The number of benzene rings is 2. The van der Waals surface area contributed by atoms with Crippen LogP contribution in [0.15, 0.2) is 48.5 Å². The lowest BCUT2D eigenvalue weighted by molar-refractivity contribution is 0.0963. The first-order valence-corrected chi connectivity index (χ1v) is 8.91. The normalized spacial score (nSPS) is 16.8. The monoisotopic (exact) mass is 370 g/mol. The SMILES string of the molecule is Cc1nn(-c2ccc(Cl)cc2)c2c1C(=O)C[C@@H](c1ccc(Cl)cc1)C2. The fraction of sp³-hybridized carbons (Fsp3) is 0.200. The average Bonchev–Trinajstić information content (AvgIpc) is 2.93. The van der Waals surface area contributed by atoms with Gasteiger partial charge < -0.3 is 0 Å². The molecule has 0 amide bonds. The van der Waals surface area contributed by atoms with Gasteiger partial charge in [0, 0.05) is 16.5 Å². The highest BCUT2D eigenvalue weighted by Crippen LogP contribution is 2.35. The van der Waals surface area contributed by atoms with Crippen LogP contribution in [-0.4, -0.2) is 15.6 Å². The summed E-state index contributed by atoms with van der Waals surface area (Å²) in [5.74, 6) is 0.290. The van der Waals surface area contributed by atoms with E-state index in [2.05, 4.69) is 5.10 Å². The van der Waals surface area contributed by atoms with Gasteiger partial charge >= 0.3 is 0 Å². The van der Waals surface area contributed by atoms with Crippen LogP contribution in [-0.2, 0) is 6.42 Å². The lowest BCUT2D eigenvalue weighted by Gasteiger charge is -2.23. The highest BCUT2D eigenvalue weighted by atomic mass is 35.5. The van der Waals surface area contributed by atoms with Crippen LogP contribution < -0.4 is 0 Å². The zero-order valence-electron chi connectivity index (χ0n) is 13.7. The molecule has 0 spiro atoms. The molecule has 126 valence electrons. The number of carbonyl (C=O) groups is 1. The second-order valence-electron chi connectivity index (χ2n) is 6.38. The first kappa shape index (κ1) is 16.4. The molecule has 0 aliphatic heterocycles. The van der Waals surface area contributed by atoms with Gasteiger partial charge in [-0.3, -0.25) is 4.79 Å². The minimum Gasteiger partial charge on any atom is -0.294 e. The quantitative estimate of drug-likeness (QED) is 0.605. The molecular formula is C20H16Cl2N2O. The largest absolute Gasteiger partial charge is 0.294 e. The van der Waals surface area contributed by atoms with E-state index in [4.69, 9.17) is 23.2 Å². The lowest BCUT2D eigenvalue weighted by atomic mass is 9.81. The van der Waals surface area contributed by atoms with Crippen LogP contribution in [0, 0.1) is 6.92 Å². The minimum absolute atomic E-state index is 0.138. The summed E-state index contributed by atoms with van der Waals surface area (Å²) < 4.78 is 1.88. The molecule has 0 saturated heterocycles. The molecule has 1 atom stereocenters. The first-order chi connectivity index (χ1) is 12.0. The van der Waals surface area contributed by atoms with Crippen LogP contribution in [0.2, 0.25) is 10.0 Å². The summed E-state index contributed by atoms with van der Waals surface area (Å²) in [6.07, 6.45) is 1.27. The molecule has 0 saturated carbocycles. The van der Waals surface area contributed by atoms with Crippen LogP contribution in [0.5, 0.6) is 0 Å². The molecule has 1 aliphatic carbocycles. The second-order valence-corrected chi connectivity index (χ2v) is 7.25. The lowest BCUT2D eigenvalue weighted by Crippen LogP contribution is -2.20. The third kappa shape index (κ3) is 2.99. The van der Waals surface area contributed by atoms with Gasteiger partial charge in [0.2, 0.25) is 0 Å². The molecule has 5 heteroatoms. The van der Waals surface area contributed by atoms with Gasteiger partial charge in [-0.1, -0.05) is 35.3 Å². The summed E-state index contributed by atoms with van der Waals surface area (Å²) in [5, 5.41) is 6.00. The second kappa shape index (κ2) is 6.32. The van der Waals surface area contributed by atoms with E-state index in [-0.39, 0.29) is 11.7 Å². The van der Waals surface area contributed by atoms with Crippen molar-refractivity contribution >= 4 is 29.0 Å². The Morgan fingerprint density at radius 3 is 2.20 bits per heavy atom. The van der Waals surface area contributed by atoms with E-state index >= 15 is 0 Å². The van der Waals surface area contributed by atoms with Gasteiger partial charge in [-0.25, -0.2) is 4.68 Å². The number of nitrogens with zero attached hydrogens (tertiary/aromatic N) is 2. The van der Waals surface area contributed by atoms with Crippen LogP contribution in [0.4, 0.5) is 0 Å². The number of Topliss-reactive ketones (excluding diaryl/α,β-unsaturated/α-hetero) is 1. The molecule has 1 aliphatic rings. The molecule has 0 radical (unpaired) electrons. The molecule has 1 aromatic heterocycles. The van der Waals surface area contributed by atoms with Gasteiger partial charge in [0.05, 0.1) is 22.6 Å². The van der Waals surface area contributed by atoms with Crippen LogP contribution in [0.1, 0.15) is 39.6 Å². The number of halogens is 2. The number of fused-ring (bicyclic) bond motifs is 1. The summed E-state index contributed by atoms with van der Waals surface area (Å²) >= 11 is 12.0. The molecule has 3 nitrogen and oxygen atoms in total. The number of ketones is 1. The van der Waals surface area contributed by atoms with Crippen molar-refractivity contribution in [3.8, 4) is 5.69 Å². The van der Waals surface area contributed by atoms with Gasteiger partial charge in [0.25, 0.3) is 0 Å². The van der Waals surface area contributed by atoms with Crippen molar-refractivity contribution in [2.24, 2.45) is 0 Å². The number of rotatable bonds is 2. The Hall–Kier alpha value is -2.10. The summed E-state index contributed by atoms with van der Waals surface area (Å²) in [4.78, 5) is 12.8. The van der Waals surface area contributed by atoms with Gasteiger partial charge in [-0.15, -0.1) is 0 Å². The van der Waals surface area contributed by atoms with E-state index in [1.165, 1.54) is 0 Å². The van der Waals surface area contributed by atoms with Crippen molar-refractivity contribution in [3.63, 3.8) is 0 Å². The number of carbonyl (C=O) groups excluding carboxylic acids is 1. The Balaban J connectivity index is 1.78. The fourth-order valence-corrected chi connectivity index (χ4v) is 3.78. The molecule has 0 bridgehead atoms. The van der Waals surface area contributed by atoms with E-state index in [9.17, 15) is 4.79 Å². The maximum Gasteiger partial charge on any atom is 0.167 e. The van der Waals surface area contributed by atoms with Crippen LogP contribution in [0.3, 0.4) is 0 Å². The fourth-order valence-electron chi connectivity index (χ4n) is 3.52. The predicted octanol–water partition coefficient (Wildman–Crippen LogP) is 5.40. The summed E-state index contributed by atoms with van der Waals surface area (Å²) in [6, 6.07) is 15.3. The van der Waals surface area contributed by atoms with Crippen molar-refractivity contribution in [1.82, 2.24) is 9.78 Å². The highest BCUT2D eigenvalue weighted by molar-refractivity contribution is 6.30. The Labute approximate surface area is 156 Å². The van der Waals surface area contributed by atoms with E-state index < -0.39 is 0 Å². The number of aryl methyl sites for hydroxylation is 1. The summed E-state index contributed by atoms with van der Waals surface area (Å²) in [7, 11) is 0. The van der Waals surface area contributed by atoms with Crippen molar-refractivity contribution in [2.75, 3.05) is 0 Å². The van der Waals surface area contributed by atoms with E-state index in [0.29, 0.717) is 16.5 Å². The van der Waals surface area contributed by atoms with Gasteiger partial charge in [-0.05, 0) is 61.2 Å². The smallest absolute Gasteiger partial charge is 0.167 e. The third-order valence-corrected chi connectivity index (χ3v) is 5.22. The van der Waals surface area contributed by atoms with Crippen molar-refractivity contribution < 1.29 is 4.79 Å². The summed E-state index contributed by atoms with van der Waals surface area (Å²) in [5.41, 5.74) is 4.56. The number of hydrogen-bond acceptors (Lipinski definition) is 2.